The van der Waals surface area contributed by atoms with Crippen LogP contribution in [0.4, 0.5) is 4.79 Å². The number of nitrogens with one attached hydrogen (secondary N) is 2. The van der Waals surface area contributed by atoms with Gasteiger partial charge in [0.2, 0.25) is 0 Å². The molecule has 64 valence electrons. The zero-order valence-corrected chi connectivity index (χ0v) is 6.76. The van der Waals surface area contributed by atoms with Gasteiger partial charge in [-0.25, -0.2) is 4.79 Å². The van der Waals surface area contributed by atoms with E-state index in [1.54, 1.807) is 6.08 Å². The lowest BCUT2D eigenvalue weighted by atomic mass is 10.3. The molecule has 0 spiro atoms. The number of carbonyl (C=O) groups is 1. The maximum absolute atomic E-state index is 10.2. The molecule has 0 aliphatic heterocycles. The zero-order valence-electron chi connectivity index (χ0n) is 6.76. The van der Waals surface area contributed by atoms with E-state index in [0.29, 0.717) is 13.1 Å². The fraction of sp³-hybridized carbons (Fsp3) is 0.571. The van der Waals surface area contributed by atoms with Crippen LogP contribution in [-0.4, -0.2) is 25.2 Å². The van der Waals surface area contributed by atoms with Gasteiger partial charge in [-0.05, 0) is 6.92 Å². The molecule has 0 saturated carbocycles. The van der Waals surface area contributed by atoms with Crippen LogP contribution < -0.4 is 16.4 Å². The van der Waals surface area contributed by atoms with Gasteiger partial charge in [0.25, 0.3) is 0 Å². The fourth-order valence-electron chi connectivity index (χ4n) is 0.569. The van der Waals surface area contributed by atoms with Gasteiger partial charge in [-0.1, -0.05) is 6.08 Å². The second-order valence-electron chi connectivity index (χ2n) is 2.27. The van der Waals surface area contributed by atoms with Crippen molar-refractivity contribution in [3.63, 3.8) is 0 Å². The molecule has 0 bridgehead atoms. The summed E-state index contributed by atoms with van der Waals surface area (Å²) in [7, 11) is 0. The molecular weight excluding hydrogens is 142 g/mol. The number of hydrogen-bond donors (Lipinski definition) is 3. The lowest BCUT2D eigenvalue weighted by Crippen LogP contribution is -2.37. The third-order valence-electron chi connectivity index (χ3n) is 1.24. The molecule has 0 aliphatic carbocycles. The Morgan fingerprint density at radius 2 is 2.36 bits per heavy atom. The van der Waals surface area contributed by atoms with Crippen LogP contribution in [0.5, 0.6) is 0 Å². The summed E-state index contributed by atoms with van der Waals surface area (Å²) in [4.78, 5) is 10.2. The van der Waals surface area contributed by atoms with Crippen molar-refractivity contribution in [1.82, 2.24) is 10.6 Å². The molecule has 1 atom stereocenters. The minimum atomic E-state index is -0.488. The fourth-order valence-corrected chi connectivity index (χ4v) is 0.569. The topological polar surface area (TPSA) is 67.2 Å². The van der Waals surface area contributed by atoms with Crippen molar-refractivity contribution >= 4 is 6.03 Å². The first-order chi connectivity index (χ1) is 5.16. The number of urea groups is 1. The van der Waals surface area contributed by atoms with Gasteiger partial charge in [-0.3, -0.25) is 0 Å². The zero-order chi connectivity index (χ0) is 8.69. The molecule has 0 aromatic rings. The minimum absolute atomic E-state index is 0.268. The minimum Gasteiger partial charge on any atom is -0.352 e. The average Bonchev–Trinajstić information content (AvgIpc) is 1.97. The highest BCUT2D eigenvalue weighted by Crippen LogP contribution is 1.77. The number of amides is 2. The Morgan fingerprint density at radius 3 is 2.82 bits per heavy atom. The summed E-state index contributed by atoms with van der Waals surface area (Å²) >= 11 is 0. The summed E-state index contributed by atoms with van der Waals surface area (Å²) in [5, 5.41) is 5.57. The molecule has 11 heavy (non-hydrogen) atoms. The smallest absolute Gasteiger partial charge is 0.312 e. The number of rotatable bonds is 5. The standard InChI is InChI=1S/C7H15N3O/c1-3-6(2)9-4-5-10-7(8)11/h3,6,9H,1,4-5H2,2H3,(H3,8,10,11). The van der Waals surface area contributed by atoms with Gasteiger partial charge in [0, 0.05) is 19.1 Å². The van der Waals surface area contributed by atoms with E-state index in [1.165, 1.54) is 0 Å². The third-order valence-corrected chi connectivity index (χ3v) is 1.24. The largest absolute Gasteiger partial charge is 0.352 e. The highest BCUT2D eigenvalue weighted by atomic mass is 16.2. The molecule has 0 fully saturated rings. The van der Waals surface area contributed by atoms with Gasteiger partial charge >= 0.3 is 6.03 Å². The molecule has 1 unspecified atom stereocenters. The number of hydrogen-bond acceptors (Lipinski definition) is 2. The maximum Gasteiger partial charge on any atom is 0.312 e. The monoisotopic (exact) mass is 157 g/mol. The number of nitrogens with two attached hydrogens (primary N) is 1. The van der Waals surface area contributed by atoms with Gasteiger partial charge < -0.3 is 16.4 Å². The molecule has 0 aromatic heterocycles. The summed E-state index contributed by atoms with van der Waals surface area (Å²) in [5.41, 5.74) is 4.84. The summed E-state index contributed by atoms with van der Waals surface area (Å²) < 4.78 is 0. The predicted octanol–water partition coefficient (Wildman–Crippen LogP) is -0.181. The van der Waals surface area contributed by atoms with E-state index in [9.17, 15) is 4.79 Å². The Morgan fingerprint density at radius 1 is 1.73 bits per heavy atom. The Labute approximate surface area is 66.8 Å². The number of primary amides is 1. The van der Waals surface area contributed by atoms with Crippen molar-refractivity contribution in [3.05, 3.63) is 12.7 Å². The van der Waals surface area contributed by atoms with Crippen molar-refractivity contribution in [2.75, 3.05) is 13.1 Å². The molecule has 0 radical (unpaired) electrons. The van der Waals surface area contributed by atoms with E-state index in [0.717, 1.165) is 0 Å². The van der Waals surface area contributed by atoms with E-state index in [2.05, 4.69) is 17.2 Å². The molecule has 4 heteroatoms. The van der Waals surface area contributed by atoms with Crippen LogP contribution in [0.2, 0.25) is 0 Å². The lowest BCUT2D eigenvalue weighted by Gasteiger charge is -2.08. The quantitative estimate of drug-likeness (QED) is 0.383. The SMILES string of the molecule is C=CC(C)NCCNC(N)=O. The Bertz CT molecular complexity index is 136. The van der Waals surface area contributed by atoms with Crippen molar-refractivity contribution in [3.8, 4) is 0 Å². The van der Waals surface area contributed by atoms with Gasteiger partial charge in [-0.2, -0.15) is 0 Å². The summed E-state index contributed by atoms with van der Waals surface area (Å²) in [6.45, 7) is 6.84. The van der Waals surface area contributed by atoms with Crippen LogP contribution in [0.25, 0.3) is 0 Å². The summed E-state index contributed by atoms with van der Waals surface area (Å²) in [6.07, 6.45) is 1.80. The Hall–Kier alpha value is -1.03. The van der Waals surface area contributed by atoms with E-state index < -0.39 is 6.03 Å². The highest BCUT2D eigenvalue weighted by Gasteiger charge is 1.93. The van der Waals surface area contributed by atoms with Crippen LogP contribution in [-0.2, 0) is 0 Å². The molecule has 0 rings (SSSR count). The predicted molar refractivity (Wildman–Crippen MR) is 45.2 cm³/mol. The van der Waals surface area contributed by atoms with E-state index in [4.69, 9.17) is 5.73 Å². The van der Waals surface area contributed by atoms with E-state index in [1.807, 2.05) is 6.92 Å². The van der Waals surface area contributed by atoms with Crippen LogP contribution in [0.1, 0.15) is 6.92 Å². The van der Waals surface area contributed by atoms with Crippen LogP contribution in [0.15, 0.2) is 12.7 Å². The second kappa shape index (κ2) is 5.73. The lowest BCUT2D eigenvalue weighted by molar-refractivity contribution is 0.249. The molecule has 0 aromatic carbocycles. The van der Waals surface area contributed by atoms with Crippen LogP contribution in [0.3, 0.4) is 0 Å². The van der Waals surface area contributed by atoms with Gasteiger partial charge in [0.05, 0.1) is 0 Å². The van der Waals surface area contributed by atoms with Crippen molar-refractivity contribution < 1.29 is 4.79 Å². The van der Waals surface area contributed by atoms with Crippen molar-refractivity contribution in [2.45, 2.75) is 13.0 Å². The van der Waals surface area contributed by atoms with Crippen LogP contribution >= 0.6 is 0 Å². The molecule has 0 heterocycles. The van der Waals surface area contributed by atoms with Gasteiger partial charge in [-0.15, -0.1) is 6.58 Å². The second-order valence-corrected chi connectivity index (χ2v) is 2.27. The molecule has 4 N–H and O–H groups in total. The summed E-state index contributed by atoms with van der Waals surface area (Å²) in [5.74, 6) is 0. The van der Waals surface area contributed by atoms with Gasteiger partial charge in [0.1, 0.15) is 0 Å². The average molecular weight is 157 g/mol. The third kappa shape index (κ3) is 6.86. The first-order valence-electron chi connectivity index (χ1n) is 3.56. The highest BCUT2D eigenvalue weighted by molar-refractivity contribution is 5.71. The Kier molecular flexibility index (Phi) is 5.20. The molecule has 4 nitrogen and oxygen atoms in total. The first-order valence-corrected chi connectivity index (χ1v) is 3.56. The normalized spacial score (nSPS) is 12.1. The molecule has 0 saturated heterocycles. The molecular formula is C7H15N3O. The van der Waals surface area contributed by atoms with E-state index in [-0.39, 0.29) is 6.04 Å². The van der Waals surface area contributed by atoms with Gasteiger partial charge in [0.15, 0.2) is 0 Å². The summed E-state index contributed by atoms with van der Waals surface area (Å²) in [6, 6.07) is -0.220. The van der Waals surface area contributed by atoms with Crippen molar-refractivity contribution in [2.24, 2.45) is 5.73 Å². The Balaban J connectivity index is 3.14. The van der Waals surface area contributed by atoms with Crippen LogP contribution in [0, 0.1) is 0 Å². The van der Waals surface area contributed by atoms with E-state index >= 15 is 0 Å². The molecule has 2 amide bonds. The number of carbonyl (C=O) groups excluding carboxylic acids is 1. The first kappa shape index (κ1) is 9.97. The van der Waals surface area contributed by atoms with Crippen molar-refractivity contribution in [1.29, 1.82) is 0 Å². The molecule has 0 aliphatic rings. The maximum atomic E-state index is 10.2.